The Labute approximate surface area is 204 Å². The van der Waals surface area contributed by atoms with E-state index in [0.29, 0.717) is 19.4 Å². The number of aliphatic hydroxyl groups is 3. The average Bonchev–Trinajstić information content (AvgIpc) is 3.26. The minimum atomic E-state index is -1.44. The molecule has 3 heterocycles. The number of hydrogen-bond donors (Lipinski definition) is 5. The molecule has 2 aromatic heterocycles. The van der Waals surface area contributed by atoms with Gasteiger partial charge in [0.1, 0.15) is 23.3 Å². The predicted molar refractivity (Wildman–Crippen MR) is 128 cm³/mol. The van der Waals surface area contributed by atoms with E-state index in [1.165, 1.54) is 10.9 Å². The van der Waals surface area contributed by atoms with Crippen molar-refractivity contribution in [3.05, 3.63) is 12.2 Å². The lowest BCUT2D eigenvalue weighted by Gasteiger charge is -2.47. The Morgan fingerprint density at radius 3 is 2.49 bits per heavy atom. The van der Waals surface area contributed by atoms with Gasteiger partial charge in [-0.05, 0) is 42.9 Å². The van der Waals surface area contributed by atoms with Crippen LogP contribution in [0.3, 0.4) is 0 Å². The van der Waals surface area contributed by atoms with Gasteiger partial charge in [-0.25, -0.2) is 15.0 Å². The summed E-state index contributed by atoms with van der Waals surface area (Å²) in [6.45, 7) is 10.6. The van der Waals surface area contributed by atoms with Gasteiger partial charge < -0.3 is 31.1 Å². The van der Waals surface area contributed by atoms with Crippen molar-refractivity contribution in [1.29, 1.82) is 0 Å². The smallest absolute Gasteiger partial charge is 0.252 e. The lowest BCUT2D eigenvalue weighted by atomic mass is 9.60. The van der Waals surface area contributed by atoms with E-state index in [0.717, 1.165) is 6.42 Å². The first-order valence-electron chi connectivity index (χ1n) is 11.8. The number of nitrogen functional groups attached to an aromatic ring is 1. The third-order valence-electron chi connectivity index (χ3n) is 6.48. The Hall–Kier alpha value is -2.78. The number of nitrogens with two attached hydrogens (primary N) is 1. The van der Waals surface area contributed by atoms with Crippen LogP contribution in [-0.2, 0) is 9.53 Å². The van der Waals surface area contributed by atoms with Gasteiger partial charge in [0.15, 0.2) is 23.8 Å². The zero-order chi connectivity index (χ0) is 25.8. The van der Waals surface area contributed by atoms with Crippen LogP contribution in [0.5, 0.6) is 0 Å². The van der Waals surface area contributed by atoms with Gasteiger partial charge in [0.25, 0.3) is 5.91 Å². The van der Waals surface area contributed by atoms with Gasteiger partial charge >= 0.3 is 0 Å². The maximum Gasteiger partial charge on any atom is 0.252 e. The number of aliphatic hydroxyl groups excluding tert-OH is 2. The summed E-state index contributed by atoms with van der Waals surface area (Å²) in [6.07, 6.45) is -1.84. The van der Waals surface area contributed by atoms with E-state index in [2.05, 4.69) is 59.8 Å². The van der Waals surface area contributed by atoms with Crippen molar-refractivity contribution in [3.8, 4) is 11.8 Å². The lowest BCUT2D eigenvalue weighted by Crippen LogP contribution is -2.45. The highest BCUT2D eigenvalue weighted by Crippen LogP contribution is 2.49. The van der Waals surface area contributed by atoms with Gasteiger partial charge in [-0.15, -0.1) is 0 Å². The fourth-order valence-corrected chi connectivity index (χ4v) is 5.89. The number of anilines is 1. The van der Waals surface area contributed by atoms with Crippen molar-refractivity contribution >= 4 is 22.9 Å². The fourth-order valence-electron chi connectivity index (χ4n) is 5.89. The van der Waals surface area contributed by atoms with Gasteiger partial charge in [0, 0.05) is 6.54 Å². The molecule has 190 valence electrons. The number of hydrogen-bond acceptors (Lipinski definition) is 9. The number of carbonyl (C=O) groups excluding carboxylic acids is 1. The Bertz CT molecular complexity index is 1180. The van der Waals surface area contributed by atoms with Crippen molar-refractivity contribution in [2.45, 2.75) is 84.0 Å². The molecule has 0 bridgehead atoms. The first-order chi connectivity index (χ1) is 16.2. The van der Waals surface area contributed by atoms with Crippen LogP contribution >= 0.6 is 0 Å². The van der Waals surface area contributed by atoms with E-state index in [1.807, 2.05) is 0 Å². The molecular weight excluding hydrogens is 452 g/mol. The maximum absolute atomic E-state index is 12.2. The Kier molecular flexibility index (Phi) is 6.30. The molecule has 4 atom stereocenters. The average molecular weight is 487 g/mol. The molecular formula is C24H34N6O5. The van der Waals surface area contributed by atoms with Gasteiger partial charge in [-0.1, -0.05) is 33.6 Å². The largest absolute Gasteiger partial charge is 0.387 e. The normalized spacial score (nSPS) is 28.9. The fraction of sp³-hybridized carbons (Fsp3) is 0.667. The molecule has 11 heteroatoms. The number of aromatic nitrogens is 4. The van der Waals surface area contributed by atoms with Crippen LogP contribution in [0.1, 0.15) is 65.9 Å². The SMILES string of the molecule is CCNC(=O)[C@H]1O[C@@H](n2cnc3c(N)nc(C#CC4(O)CC(C)(C)CC(C)(C)C4)nc32)[C@@H](O)C1O. The van der Waals surface area contributed by atoms with Crippen LogP contribution in [0.25, 0.3) is 11.2 Å². The molecule has 1 aliphatic heterocycles. The van der Waals surface area contributed by atoms with E-state index in [9.17, 15) is 20.1 Å². The summed E-state index contributed by atoms with van der Waals surface area (Å²) in [7, 11) is 0. The van der Waals surface area contributed by atoms with Crippen molar-refractivity contribution < 1.29 is 24.9 Å². The highest BCUT2D eigenvalue weighted by atomic mass is 16.6. The van der Waals surface area contributed by atoms with Crippen LogP contribution in [0.2, 0.25) is 0 Å². The zero-order valence-corrected chi connectivity index (χ0v) is 20.7. The minimum absolute atomic E-state index is 0.0719. The Morgan fingerprint density at radius 1 is 1.20 bits per heavy atom. The molecule has 2 aromatic rings. The van der Waals surface area contributed by atoms with Crippen LogP contribution in [0, 0.1) is 22.7 Å². The number of rotatable bonds is 3. The number of nitrogens with one attached hydrogen (secondary N) is 1. The number of imidazole rings is 1. The molecule has 1 unspecified atom stereocenters. The second-order valence-electron chi connectivity index (χ2n) is 11.2. The van der Waals surface area contributed by atoms with Crippen LogP contribution < -0.4 is 11.1 Å². The van der Waals surface area contributed by atoms with E-state index in [-0.39, 0.29) is 33.6 Å². The molecule has 6 N–H and O–H groups in total. The first kappa shape index (κ1) is 25.3. The zero-order valence-electron chi connectivity index (χ0n) is 20.7. The molecule has 1 amide bonds. The Balaban J connectivity index is 1.68. The monoisotopic (exact) mass is 486 g/mol. The highest BCUT2D eigenvalue weighted by molar-refractivity contribution is 5.83. The minimum Gasteiger partial charge on any atom is -0.387 e. The first-order valence-corrected chi connectivity index (χ1v) is 11.8. The van der Waals surface area contributed by atoms with Crippen molar-refractivity contribution in [2.24, 2.45) is 10.8 Å². The topological polar surface area (TPSA) is 169 Å². The molecule has 11 nitrogen and oxygen atoms in total. The summed E-state index contributed by atoms with van der Waals surface area (Å²) in [5.41, 5.74) is 5.23. The molecule has 2 fully saturated rings. The number of nitrogens with zero attached hydrogens (tertiary/aromatic N) is 4. The van der Waals surface area contributed by atoms with Crippen molar-refractivity contribution in [1.82, 2.24) is 24.8 Å². The van der Waals surface area contributed by atoms with E-state index < -0.39 is 36.0 Å². The standard InChI is InChI=1S/C24H34N6O5/c1-6-26-20(33)17-15(31)16(32)21(35-17)30-12-27-14-18(25)28-13(29-19(14)30)7-8-24(34)10-22(2,3)9-23(4,5)11-24/h12,15-17,21,31-32,34H,6,9-11H2,1-5H3,(H,26,33)(H2,25,28,29)/t15?,16-,17-,21+/m0/s1. The van der Waals surface area contributed by atoms with Crippen molar-refractivity contribution in [2.75, 3.05) is 12.3 Å². The molecule has 2 aliphatic rings. The van der Waals surface area contributed by atoms with Gasteiger partial charge in [0.05, 0.1) is 6.33 Å². The second-order valence-corrected chi connectivity index (χ2v) is 11.2. The molecule has 1 saturated carbocycles. The summed E-state index contributed by atoms with van der Waals surface area (Å²) >= 11 is 0. The van der Waals surface area contributed by atoms with Gasteiger partial charge in [0.2, 0.25) is 5.82 Å². The molecule has 35 heavy (non-hydrogen) atoms. The van der Waals surface area contributed by atoms with E-state index in [4.69, 9.17) is 10.5 Å². The number of amides is 1. The number of carbonyl (C=O) groups is 1. The Morgan fingerprint density at radius 2 is 1.86 bits per heavy atom. The molecule has 0 spiro atoms. The van der Waals surface area contributed by atoms with Gasteiger partial charge in [-0.2, -0.15) is 0 Å². The van der Waals surface area contributed by atoms with Crippen molar-refractivity contribution in [3.63, 3.8) is 0 Å². The van der Waals surface area contributed by atoms with Crippen LogP contribution in [-0.4, -0.2) is 71.2 Å². The summed E-state index contributed by atoms with van der Waals surface area (Å²) in [5, 5.41) is 34.8. The summed E-state index contributed by atoms with van der Waals surface area (Å²) in [6, 6.07) is 0. The van der Waals surface area contributed by atoms with E-state index >= 15 is 0 Å². The molecule has 1 saturated heterocycles. The molecule has 1 aliphatic carbocycles. The van der Waals surface area contributed by atoms with Crippen LogP contribution in [0.15, 0.2) is 6.33 Å². The number of fused-ring (bicyclic) bond motifs is 1. The lowest BCUT2D eigenvalue weighted by molar-refractivity contribution is -0.137. The molecule has 0 aromatic carbocycles. The summed E-state index contributed by atoms with van der Waals surface area (Å²) in [5.74, 6) is 5.47. The third kappa shape index (κ3) is 4.97. The third-order valence-corrected chi connectivity index (χ3v) is 6.48. The van der Waals surface area contributed by atoms with Gasteiger partial charge in [-0.3, -0.25) is 9.36 Å². The van der Waals surface area contributed by atoms with Crippen LogP contribution in [0.4, 0.5) is 5.82 Å². The quantitative estimate of drug-likeness (QED) is 0.387. The summed E-state index contributed by atoms with van der Waals surface area (Å²) in [4.78, 5) is 25.1. The van der Waals surface area contributed by atoms with E-state index in [1.54, 1.807) is 6.92 Å². The second kappa shape index (κ2) is 8.71. The predicted octanol–water partition coefficient (Wildman–Crippen LogP) is 0.483. The molecule has 0 radical (unpaired) electrons. The summed E-state index contributed by atoms with van der Waals surface area (Å²) < 4.78 is 7.08. The highest BCUT2D eigenvalue weighted by Gasteiger charge is 2.48. The number of ether oxygens (including phenoxy) is 1. The number of likely N-dealkylation sites (N-methyl/N-ethyl adjacent to an activating group) is 1. The molecule has 4 rings (SSSR count). The maximum atomic E-state index is 12.2.